The molecular weight excluding hydrogens is 330 g/mol. The largest absolute Gasteiger partial charge is 0.386 e. The summed E-state index contributed by atoms with van der Waals surface area (Å²) in [4.78, 5) is 0. The minimum Gasteiger partial charge on any atom is -0.386 e. The molecule has 0 saturated heterocycles. The lowest BCUT2D eigenvalue weighted by molar-refractivity contribution is 0.170. The van der Waals surface area contributed by atoms with Gasteiger partial charge in [0.05, 0.1) is 17.6 Å². The first kappa shape index (κ1) is 14.0. The number of para-hydroxylation sites is 1. The van der Waals surface area contributed by atoms with Crippen molar-refractivity contribution in [2.24, 2.45) is 0 Å². The number of aliphatic hydroxyl groups excluding tert-OH is 1. The number of aliphatic hydroxyl groups is 1. The van der Waals surface area contributed by atoms with Crippen LogP contribution in [0.1, 0.15) is 17.4 Å². The quantitative estimate of drug-likeness (QED) is 0.790. The van der Waals surface area contributed by atoms with Crippen LogP contribution in [0.5, 0.6) is 0 Å². The maximum Gasteiger partial charge on any atom is 0.102 e. The summed E-state index contributed by atoms with van der Waals surface area (Å²) in [6, 6.07) is 17.6. The first-order valence-corrected chi connectivity index (χ1v) is 7.42. The van der Waals surface area contributed by atoms with E-state index in [1.807, 2.05) is 54.6 Å². The lowest BCUT2D eigenvalue weighted by Crippen LogP contribution is -2.09. The molecule has 1 atom stereocenters. The van der Waals surface area contributed by atoms with E-state index in [2.05, 4.69) is 26.2 Å². The second-order valence-corrected chi connectivity index (χ2v) is 5.67. The molecule has 0 amide bonds. The summed E-state index contributed by atoms with van der Waals surface area (Å²) in [7, 11) is 0. The number of rotatable bonds is 4. The number of benzene rings is 2. The van der Waals surface area contributed by atoms with Gasteiger partial charge in [-0.2, -0.15) is 0 Å². The van der Waals surface area contributed by atoms with E-state index in [4.69, 9.17) is 0 Å². The van der Waals surface area contributed by atoms with Crippen molar-refractivity contribution in [3.05, 3.63) is 76.5 Å². The van der Waals surface area contributed by atoms with E-state index in [0.29, 0.717) is 12.1 Å². The summed E-state index contributed by atoms with van der Waals surface area (Å²) in [6.07, 6.45) is 1.48. The number of halogens is 1. The third-order valence-electron chi connectivity index (χ3n) is 3.26. The second kappa shape index (κ2) is 6.20. The molecule has 3 aromatic rings. The first-order valence-electron chi connectivity index (χ1n) is 6.62. The predicted molar refractivity (Wildman–Crippen MR) is 84.2 cm³/mol. The van der Waals surface area contributed by atoms with Crippen molar-refractivity contribution in [2.45, 2.75) is 12.5 Å². The third kappa shape index (κ3) is 3.20. The maximum atomic E-state index is 10.5. The first-order chi connectivity index (χ1) is 10.2. The number of hydrogen-bond donors (Lipinski definition) is 1. The molecule has 4 nitrogen and oxygen atoms in total. The average molecular weight is 344 g/mol. The fourth-order valence-corrected chi connectivity index (χ4v) is 2.45. The normalized spacial score (nSPS) is 12.3. The van der Waals surface area contributed by atoms with Gasteiger partial charge in [0.25, 0.3) is 0 Å². The molecule has 0 aliphatic carbocycles. The van der Waals surface area contributed by atoms with Crippen molar-refractivity contribution in [3.63, 3.8) is 0 Å². The molecule has 1 heterocycles. The number of aromatic nitrogens is 3. The highest BCUT2D eigenvalue weighted by molar-refractivity contribution is 9.10. The Balaban J connectivity index is 1.84. The zero-order valence-electron chi connectivity index (χ0n) is 11.2. The van der Waals surface area contributed by atoms with Crippen molar-refractivity contribution in [3.8, 4) is 5.69 Å². The molecule has 106 valence electrons. The Morgan fingerprint density at radius 2 is 1.76 bits per heavy atom. The molecule has 0 fully saturated rings. The molecule has 2 aromatic carbocycles. The molecule has 0 radical (unpaired) electrons. The lowest BCUT2D eigenvalue weighted by atomic mass is 10.1. The minimum absolute atomic E-state index is 0.521. The Morgan fingerprint density at radius 3 is 2.48 bits per heavy atom. The summed E-state index contributed by atoms with van der Waals surface area (Å²) in [5, 5.41) is 18.4. The minimum atomic E-state index is -0.651. The molecule has 1 aromatic heterocycles. The summed E-state index contributed by atoms with van der Waals surface area (Å²) >= 11 is 3.41. The number of hydrogen-bond acceptors (Lipinski definition) is 3. The van der Waals surface area contributed by atoms with Gasteiger partial charge in [0.15, 0.2) is 0 Å². The SMILES string of the molecule is OC(Cc1ccc(Br)cc1)c1cnnn1-c1ccccc1. The maximum absolute atomic E-state index is 10.5. The molecule has 0 aliphatic rings. The molecule has 21 heavy (non-hydrogen) atoms. The van der Waals surface area contributed by atoms with Gasteiger partial charge in [-0.05, 0) is 29.8 Å². The van der Waals surface area contributed by atoms with Gasteiger partial charge in [0, 0.05) is 10.9 Å². The molecule has 0 saturated carbocycles. The molecule has 0 spiro atoms. The lowest BCUT2D eigenvalue weighted by Gasteiger charge is -2.12. The molecular formula is C16H14BrN3O. The van der Waals surface area contributed by atoms with E-state index < -0.39 is 6.10 Å². The highest BCUT2D eigenvalue weighted by Gasteiger charge is 2.16. The van der Waals surface area contributed by atoms with Crippen molar-refractivity contribution >= 4 is 15.9 Å². The van der Waals surface area contributed by atoms with Crippen LogP contribution in [-0.2, 0) is 6.42 Å². The van der Waals surface area contributed by atoms with Crippen LogP contribution in [0.3, 0.4) is 0 Å². The van der Waals surface area contributed by atoms with Crippen LogP contribution in [0.4, 0.5) is 0 Å². The zero-order valence-corrected chi connectivity index (χ0v) is 12.8. The van der Waals surface area contributed by atoms with Gasteiger partial charge in [-0.3, -0.25) is 0 Å². The third-order valence-corrected chi connectivity index (χ3v) is 3.79. The van der Waals surface area contributed by atoms with Gasteiger partial charge in [-0.25, -0.2) is 4.68 Å². The molecule has 5 heteroatoms. The van der Waals surface area contributed by atoms with Crippen LogP contribution < -0.4 is 0 Å². The van der Waals surface area contributed by atoms with E-state index >= 15 is 0 Å². The standard InChI is InChI=1S/C16H14BrN3O/c17-13-8-6-12(7-9-13)10-16(21)15-11-18-19-20(15)14-4-2-1-3-5-14/h1-9,11,16,21H,10H2. The van der Waals surface area contributed by atoms with E-state index in [0.717, 1.165) is 15.7 Å². The Hall–Kier alpha value is -1.98. The zero-order chi connectivity index (χ0) is 14.7. The Bertz CT molecular complexity index is 710. The van der Waals surface area contributed by atoms with Crippen molar-refractivity contribution in [2.75, 3.05) is 0 Å². The van der Waals surface area contributed by atoms with Gasteiger partial charge in [0.1, 0.15) is 6.10 Å². The van der Waals surface area contributed by atoms with Crippen molar-refractivity contribution in [1.29, 1.82) is 0 Å². The highest BCUT2D eigenvalue weighted by atomic mass is 79.9. The highest BCUT2D eigenvalue weighted by Crippen LogP contribution is 2.21. The molecule has 3 rings (SSSR count). The molecule has 0 bridgehead atoms. The van der Waals surface area contributed by atoms with Crippen LogP contribution in [0, 0.1) is 0 Å². The Labute approximate surface area is 131 Å². The van der Waals surface area contributed by atoms with E-state index in [-0.39, 0.29) is 0 Å². The smallest absolute Gasteiger partial charge is 0.102 e. The van der Waals surface area contributed by atoms with Gasteiger partial charge in [0.2, 0.25) is 0 Å². The van der Waals surface area contributed by atoms with Crippen LogP contribution in [0.2, 0.25) is 0 Å². The topological polar surface area (TPSA) is 50.9 Å². The van der Waals surface area contributed by atoms with Gasteiger partial charge in [-0.1, -0.05) is 51.5 Å². The molecule has 0 aliphatic heterocycles. The van der Waals surface area contributed by atoms with E-state index in [1.165, 1.54) is 0 Å². The van der Waals surface area contributed by atoms with Crippen LogP contribution >= 0.6 is 15.9 Å². The van der Waals surface area contributed by atoms with E-state index in [1.54, 1.807) is 10.9 Å². The van der Waals surface area contributed by atoms with Crippen molar-refractivity contribution < 1.29 is 5.11 Å². The molecule has 1 unspecified atom stereocenters. The predicted octanol–water partition coefficient (Wildman–Crippen LogP) is 3.31. The van der Waals surface area contributed by atoms with Crippen LogP contribution in [0.25, 0.3) is 5.69 Å². The van der Waals surface area contributed by atoms with E-state index in [9.17, 15) is 5.11 Å². The summed E-state index contributed by atoms with van der Waals surface area (Å²) in [6.45, 7) is 0. The summed E-state index contributed by atoms with van der Waals surface area (Å²) in [5.41, 5.74) is 2.63. The van der Waals surface area contributed by atoms with Gasteiger partial charge in [-0.15, -0.1) is 5.10 Å². The van der Waals surface area contributed by atoms with Gasteiger partial charge >= 0.3 is 0 Å². The van der Waals surface area contributed by atoms with Crippen molar-refractivity contribution in [1.82, 2.24) is 15.0 Å². The Kier molecular flexibility index (Phi) is 4.13. The summed E-state index contributed by atoms with van der Waals surface area (Å²) in [5.74, 6) is 0. The van der Waals surface area contributed by atoms with Crippen LogP contribution in [0.15, 0.2) is 65.3 Å². The fraction of sp³-hybridized carbons (Fsp3) is 0.125. The number of nitrogens with zero attached hydrogens (tertiary/aromatic N) is 3. The van der Waals surface area contributed by atoms with Gasteiger partial charge < -0.3 is 5.11 Å². The average Bonchev–Trinajstić information content (AvgIpc) is 3.00. The Morgan fingerprint density at radius 1 is 1.05 bits per heavy atom. The van der Waals surface area contributed by atoms with Crippen LogP contribution in [-0.4, -0.2) is 20.1 Å². The second-order valence-electron chi connectivity index (χ2n) is 4.75. The molecule has 1 N–H and O–H groups in total. The monoisotopic (exact) mass is 343 g/mol. The summed E-state index contributed by atoms with van der Waals surface area (Å²) < 4.78 is 2.69. The fourth-order valence-electron chi connectivity index (χ4n) is 2.19.